The van der Waals surface area contributed by atoms with E-state index in [0.717, 1.165) is 5.56 Å². The highest BCUT2D eigenvalue weighted by Crippen LogP contribution is 2.49. The number of non-ortho nitro benzene ring substituents is 1. The van der Waals surface area contributed by atoms with Crippen LogP contribution in [0.15, 0.2) is 48.5 Å². The SMILES string of the molecule is CC(=O)c1cccc(NC(=O)C2(c3ccc([N+](=O)[O-])cc3)CC2)c1. The topological polar surface area (TPSA) is 89.3 Å². The number of hydrogen-bond acceptors (Lipinski definition) is 4. The van der Waals surface area contributed by atoms with Crippen LogP contribution in [0.4, 0.5) is 11.4 Å². The van der Waals surface area contributed by atoms with E-state index >= 15 is 0 Å². The van der Waals surface area contributed by atoms with Gasteiger partial charge < -0.3 is 5.32 Å². The number of carbonyl (C=O) groups excluding carboxylic acids is 2. The van der Waals surface area contributed by atoms with E-state index in [4.69, 9.17) is 0 Å². The first-order valence-electron chi connectivity index (χ1n) is 7.60. The molecule has 1 saturated carbocycles. The summed E-state index contributed by atoms with van der Waals surface area (Å²) in [5.74, 6) is -0.223. The van der Waals surface area contributed by atoms with Gasteiger partial charge in [0, 0.05) is 23.4 Å². The minimum Gasteiger partial charge on any atom is -0.325 e. The monoisotopic (exact) mass is 324 g/mol. The fourth-order valence-corrected chi connectivity index (χ4v) is 2.74. The van der Waals surface area contributed by atoms with Crippen molar-refractivity contribution in [3.63, 3.8) is 0 Å². The summed E-state index contributed by atoms with van der Waals surface area (Å²) in [7, 11) is 0. The summed E-state index contributed by atoms with van der Waals surface area (Å²) in [6.07, 6.45) is 1.39. The van der Waals surface area contributed by atoms with Crippen LogP contribution in [0.2, 0.25) is 0 Å². The van der Waals surface area contributed by atoms with Crippen LogP contribution in [0.5, 0.6) is 0 Å². The predicted octanol–water partition coefficient (Wildman–Crippen LogP) is 3.47. The molecular formula is C18H16N2O4. The summed E-state index contributed by atoms with van der Waals surface area (Å²) in [6, 6.07) is 12.9. The van der Waals surface area contributed by atoms with Gasteiger partial charge in [-0.2, -0.15) is 0 Å². The van der Waals surface area contributed by atoms with E-state index in [0.29, 0.717) is 24.1 Å². The van der Waals surface area contributed by atoms with Crippen molar-refractivity contribution in [3.05, 3.63) is 69.8 Å². The fraction of sp³-hybridized carbons (Fsp3) is 0.222. The van der Waals surface area contributed by atoms with Crippen LogP contribution < -0.4 is 5.32 Å². The van der Waals surface area contributed by atoms with Crippen molar-refractivity contribution >= 4 is 23.1 Å². The Morgan fingerprint density at radius 3 is 2.33 bits per heavy atom. The van der Waals surface area contributed by atoms with Crippen molar-refractivity contribution in [2.24, 2.45) is 0 Å². The maximum atomic E-state index is 12.7. The Balaban J connectivity index is 1.80. The third-order valence-corrected chi connectivity index (χ3v) is 4.34. The molecule has 3 rings (SSSR count). The molecule has 1 N–H and O–H groups in total. The lowest BCUT2D eigenvalue weighted by Gasteiger charge is -2.16. The summed E-state index contributed by atoms with van der Waals surface area (Å²) in [5, 5.41) is 13.6. The molecule has 2 aromatic carbocycles. The number of hydrogen-bond donors (Lipinski definition) is 1. The first kappa shape index (κ1) is 15.9. The fourth-order valence-electron chi connectivity index (χ4n) is 2.74. The van der Waals surface area contributed by atoms with E-state index in [1.165, 1.54) is 19.1 Å². The minimum absolute atomic E-state index is 0.00381. The van der Waals surface area contributed by atoms with Crippen LogP contribution in [0.3, 0.4) is 0 Å². The number of carbonyl (C=O) groups is 2. The maximum Gasteiger partial charge on any atom is 0.269 e. The van der Waals surface area contributed by atoms with Crippen LogP contribution in [0.25, 0.3) is 0 Å². The Bertz CT molecular complexity index is 823. The molecule has 0 bridgehead atoms. The van der Waals surface area contributed by atoms with Crippen LogP contribution in [0, 0.1) is 10.1 Å². The van der Waals surface area contributed by atoms with Gasteiger partial charge in [0.25, 0.3) is 5.69 Å². The zero-order valence-electron chi connectivity index (χ0n) is 13.1. The molecule has 122 valence electrons. The lowest BCUT2D eigenvalue weighted by Crippen LogP contribution is -2.27. The number of amides is 1. The number of Topliss-reactive ketones (excluding diaryl/α,β-unsaturated/α-hetero) is 1. The van der Waals surface area contributed by atoms with Crippen LogP contribution >= 0.6 is 0 Å². The van der Waals surface area contributed by atoms with Gasteiger partial charge >= 0.3 is 0 Å². The molecule has 0 unspecified atom stereocenters. The average molecular weight is 324 g/mol. The van der Waals surface area contributed by atoms with E-state index in [2.05, 4.69) is 5.32 Å². The smallest absolute Gasteiger partial charge is 0.269 e. The molecule has 0 atom stereocenters. The summed E-state index contributed by atoms with van der Waals surface area (Å²) < 4.78 is 0. The molecular weight excluding hydrogens is 308 g/mol. The second kappa shape index (κ2) is 5.88. The van der Waals surface area contributed by atoms with Crippen molar-refractivity contribution < 1.29 is 14.5 Å². The zero-order chi connectivity index (χ0) is 17.3. The molecule has 1 aliphatic rings. The maximum absolute atomic E-state index is 12.7. The van der Waals surface area contributed by atoms with E-state index in [9.17, 15) is 19.7 Å². The number of nitrogens with zero attached hydrogens (tertiary/aromatic N) is 1. The Morgan fingerprint density at radius 1 is 1.12 bits per heavy atom. The molecule has 2 aromatic rings. The van der Waals surface area contributed by atoms with Gasteiger partial charge in [-0.1, -0.05) is 24.3 Å². The standard InChI is InChI=1S/C18H16N2O4/c1-12(21)13-3-2-4-15(11-13)19-17(22)18(9-10-18)14-5-7-16(8-6-14)20(23)24/h2-8,11H,9-10H2,1H3,(H,19,22). The van der Waals surface area contributed by atoms with Gasteiger partial charge in [-0.05, 0) is 37.5 Å². The molecule has 0 aliphatic heterocycles. The third kappa shape index (κ3) is 2.90. The molecule has 1 fully saturated rings. The summed E-state index contributed by atoms with van der Waals surface area (Å²) in [4.78, 5) is 34.4. The molecule has 0 radical (unpaired) electrons. The number of rotatable bonds is 5. The van der Waals surface area contributed by atoms with E-state index in [1.54, 1.807) is 36.4 Å². The summed E-state index contributed by atoms with van der Waals surface area (Å²) in [6.45, 7) is 1.47. The Labute approximate surface area is 138 Å². The minimum atomic E-state index is -0.638. The van der Waals surface area contributed by atoms with E-state index in [-0.39, 0.29) is 17.4 Å². The highest BCUT2D eigenvalue weighted by molar-refractivity contribution is 6.02. The highest BCUT2D eigenvalue weighted by Gasteiger charge is 2.51. The lowest BCUT2D eigenvalue weighted by molar-refractivity contribution is -0.384. The number of nitro benzene ring substituents is 1. The van der Waals surface area contributed by atoms with Crippen molar-refractivity contribution in [2.45, 2.75) is 25.2 Å². The number of nitrogens with one attached hydrogen (secondary N) is 1. The molecule has 6 nitrogen and oxygen atoms in total. The van der Waals surface area contributed by atoms with Crippen molar-refractivity contribution in [1.29, 1.82) is 0 Å². The quantitative estimate of drug-likeness (QED) is 0.518. The molecule has 1 aliphatic carbocycles. The second-order valence-electron chi connectivity index (χ2n) is 5.98. The van der Waals surface area contributed by atoms with Crippen molar-refractivity contribution in [1.82, 2.24) is 0 Å². The average Bonchev–Trinajstić information content (AvgIpc) is 3.37. The van der Waals surface area contributed by atoms with Crippen molar-refractivity contribution in [3.8, 4) is 0 Å². The van der Waals surface area contributed by atoms with Gasteiger partial charge in [-0.3, -0.25) is 19.7 Å². The molecule has 0 heterocycles. The first-order chi connectivity index (χ1) is 11.4. The third-order valence-electron chi connectivity index (χ3n) is 4.34. The Kier molecular flexibility index (Phi) is 3.89. The van der Waals surface area contributed by atoms with Crippen LogP contribution in [-0.4, -0.2) is 16.6 Å². The second-order valence-corrected chi connectivity index (χ2v) is 5.98. The van der Waals surface area contributed by atoms with E-state index in [1.807, 2.05) is 0 Å². The molecule has 0 saturated heterocycles. The van der Waals surface area contributed by atoms with Crippen LogP contribution in [0.1, 0.15) is 35.7 Å². The zero-order valence-corrected chi connectivity index (χ0v) is 13.1. The number of anilines is 1. The highest BCUT2D eigenvalue weighted by atomic mass is 16.6. The van der Waals surface area contributed by atoms with Crippen molar-refractivity contribution in [2.75, 3.05) is 5.32 Å². The largest absolute Gasteiger partial charge is 0.325 e. The summed E-state index contributed by atoms with van der Waals surface area (Å²) in [5.41, 5.74) is 1.24. The van der Waals surface area contributed by atoms with Gasteiger partial charge in [0.05, 0.1) is 10.3 Å². The normalized spacial score (nSPS) is 14.7. The van der Waals surface area contributed by atoms with E-state index < -0.39 is 10.3 Å². The first-order valence-corrected chi connectivity index (χ1v) is 7.60. The van der Waals surface area contributed by atoms with Gasteiger partial charge in [-0.25, -0.2) is 0 Å². The number of benzene rings is 2. The summed E-state index contributed by atoms with van der Waals surface area (Å²) >= 11 is 0. The molecule has 0 spiro atoms. The Hall–Kier alpha value is -3.02. The van der Waals surface area contributed by atoms with Gasteiger partial charge in [0.15, 0.2) is 5.78 Å². The van der Waals surface area contributed by atoms with Crippen LogP contribution in [-0.2, 0) is 10.2 Å². The predicted molar refractivity (Wildman–Crippen MR) is 89.1 cm³/mol. The van der Waals surface area contributed by atoms with Gasteiger partial charge in [0.1, 0.15) is 0 Å². The molecule has 1 amide bonds. The lowest BCUT2D eigenvalue weighted by atomic mass is 9.94. The number of nitro groups is 1. The Morgan fingerprint density at radius 2 is 1.79 bits per heavy atom. The molecule has 6 heteroatoms. The molecule has 24 heavy (non-hydrogen) atoms. The van der Waals surface area contributed by atoms with Gasteiger partial charge in [0.2, 0.25) is 5.91 Å². The van der Waals surface area contributed by atoms with Gasteiger partial charge in [-0.15, -0.1) is 0 Å². The molecule has 0 aromatic heterocycles. The number of ketones is 1.